The van der Waals surface area contributed by atoms with Crippen LogP contribution in [0.4, 0.5) is 5.69 Å². The van der Waals surface area contributed by atoms with Crippen LogP contribution in [0.3, 0.4) is 0 Å². The third kappa shape index (κ3) is 26.3. The van der Waals surface area contributed by atoms with E-state index >= 15 is 0 Å². The molecule has 0 saturated carbocycles. The monoisotopic (exact) mass is 828 g/mol. The minimum Gasteiger partial charge on any atom is -0.460 e. The van der Waals surface area contributed by atoms with Gasteiger partial charge in [-0.3, -0.25) is 0 Å². The van der Waals surface area contributed by atoms with Crippen molar-refractivity contribution >= 4 is 23.6 Å². The van der Waals surface area contributed by atoms with Gasteiger partial charge in [0.25, 0.3) is 0 Å². The molecule has 334 valence electrons. The van der Waals surface area contributed by atoms with Crippen molar-refractivity contribution in [3.05, 3.63) is 59.2 Å². The largest absolute Gasteiger partial charge is 0.460 e. The van der Waals surface area contributed by atoms with E-state index in [2.05, 4.69) is 19.2 Å². The zero-order valence-corrected chi connectivity index (χ0v) is 36.8. The van der Waals surface area contributed by atoms with Gasteiger partial charge in [0.2, 0.25) is 0 Å². The van der Waals surface area contributed by atoms with E-state index in [4.69, 9.17) is 33.2 Å². The first kappa shape index (κ1) is 51.6. The van der Waals surface area contributed by atoms with Crippen molar-refractivity contribution < 1.29 is 47.5 Å². The van der Waals surface area contributed by atoms with Gasteiger partial charge in [0.05, 0.1) is 56.3 Å². The fourth-order valence-corrected chi connectivity index (χ4v) is 6.44. The predicted molar refractivity (Wildman–Crippen MR) is 235 cm³/mol. The third-order valence-corrected chi connectivity index (χ3v) is 10.00. The maximum absolute atomic E-state index is 13.3. The molecule has 1 N–H and O–H groups in total. The van der Waals surface area contributed by atoms with Crippen LogP contribution in [0.15, 0.2) is 42.5 Å². The van der Waals surface area contributed by atoms with E-state index in [1.54, 1.807) is 31.3 Å². The summed E-state index contributed by atoms with van der Waals surface area (Å²) < 4.78 is 38.9. The maximum Gasteiger partial charge on any atom is 0.343 e. The van der Waals surface area contributed by atoms with Gasteiger partial charge in [0, 0.05) is 25.9 Å². The Balaban J connectivity index is 1.71. The number of carbonyl (C=O) groups excluding carboxylic acids is 3. The van der Waals surface area contributed by atoms with E-state index in [0.29, 0.717) is 45.4 Å². The second kappa shape index (κ2) is 36.4. The lowest BCUT2D eigenvalue weighted by molar-refractivity contribution is 0.0119. The second-order valence-electron chi connectivity index (χ2n) is 15.0. The highest BCUT2D eigenvalue weighted by molar-refractivity contribution is 6.05. The van der Waals surface area contributed by atoms with E-state index in [-0.39, 0.29) is 43.1 Å². The highest BCUT2D eigenvalue weighted by Crippen LogP contribution is 2.20. The smallest absolute Gasteiger partial charge is 0.343 e. The molecule has 0 saturated heterocycles. The maximum atomic E-state index is 13.3. The fraction of sp³-hybridized carbons (Fsp3) is 0.688. The summed E-state index contributed by atoms with van der Waals surface area (Å²) in [6.07, 6.45) is 25.6. The van der Waals surface area contributed by atoms with Gasteiger partial charge in [-0.05, 0) is 55.3 Å². The Morgan fingerprint density at radius 1 is 0.424 bits per heavy atom. The van der Waals surface area contributed by atoms with Gasteiger partial charge in [-0.25, -0.2) is 14.4 Å². The molecule has 0 aliphatic rings. The van der Waals surface area contributed by atoms with Crippen molar-refractivity contribution in [1.82, 2.24) is 0 Å². The molecule has 0 spiro atoms. The van der Waals surface area contributed by atoms with Crippen LogP contribution < -0.4 is 10.1 Å². The first-order chi connectivity index (χ1) is 29.0. The number of benzene rings is 2. The molecule has 11 nitrogen and oxygen atoms in total. The molecule has 2 aromatic carbocycles. The van der Waals surface area contributed by atoms with Crippen LogP contribution in [0.2, 0.25) is 0 Å². The molecule has 0 atom stereocenters. The number of esters is 3. The van der Waals surface area contributed by atoms with Crippen molar-refractivity contribution in [2.45, 2.75) is 142 Å². The summed E-state index contributed by atoms with van der Waals surface area (Å²) in [5.41, 5.74) is 0.780. The standard InChI is InChI=1S/C48H77NO10/c1-4-6-8-10-12-14-16-18-20-22-30-53-32-34-55-36-38-57-47(51)44-29-24-41(46(50)59-43-27-25-42(49-3)26-28-43)40-45(44)48(52)58-39-37-56-35-33-54-31-23-21-19-17-15-13-11-9-7-5-2/h24-29,40,49H,4-23,30-39H2,1-3H3. The number of hydrogen-bond acceptors (Lipinski definition) is 11. The Morgan fingerprint density at radius 3 is 1.25 bits per heavy atom. The van der Waals surface area contributed by atoms with Crippen LogP contribution in [0.5, 0.6) is 5.75 Å². The summed E-state index contributed by atoms with van der Waals surface area (Å²) in [7, 11) is 1.79. The van der Waals surface area contributed by atoms with Crippen molar-refractivity contribution in [3.63, 3.8) is 0 Å². The van der Waals surface area contributed by atoms with Crippen molar-refractivity contribution in [2.24, 2.45) is 0 Å². The van der Waals surface area contributed by atoms with Crippen LogP contribution in [0.25, 0.3) is 0 Å². The third-order valence-electron chi connectivity index (χ3n) is 10.00. The summed E-state index contributed by atoms with van der Waals surface area (Å²) in [6.45, 7) is 7.84. The molecule has 0 radical (unpaired) electrons. The molecular formula is C48H77NO10. The van der Waals surface area contributed by atoms with E-state index in [1.807, 2.05) is 0 Å². The van der Waals surface area contributed by atoms with Gasteiger partial charge >= 0.3 is 17.9 Å². The van der Waals surface area contributed by atoms with E-state index < -0.39 is 17.9 Å². The van der Waals surface area contributed by atoms with Gasteiger partial charge in [0.15, 0.2) is 0 Å². The molecule has 0 bridgehead atoms. The van der Waals surface area contributed by atoms with E-state index in [9.17, 15) is 14.4 Å². The summed E-state index contributed by atoms with van der Waals surface area (Å²) in [6, 6.07) is 10.9. The average Bonchev–Trinajstić information content (AvgIpc) is 3.25. The average molecular weight is 828 g/mol. The molecule has 59 heavy (non-hydrogen) atoms. The van der Waals surface area contributed by atoms with Crippen LogP contribution in [0, 0.1) is 0 Å². The lowest BCUT2D eigenvalue weighted by Crippen LogP contribution is -2.19. The lowest BCUT2D eigenvalue weighted by Gasteiger charge is -2.12. The zero-order chi connectivity index (χ0) is 42.4. The summed E-state index contributed by atoms with van der Waals surface area (Å²) in [5.74, 6) is -1.89. The number of rotatable bonds is 39. The summed E-state index contributed by atoms with van der Waals surface area (Å²) >= 11 is 0. The lowest BCUT2D eigenvalue weighted by atomic mass is 10.0. The van der Waals surface area contributed by atoms with E-state index in [1.165, 1.54) is 134 Å². The second-order valence-corrected chi connectivity index (χ2v) is 15.0. The van der Waals surface area contributed by atoms with Gasteiger partial charge in [-0.2, -0.15) is 0 Å². The Morgan fingerprint density at radius 2 is 0.814 bits per heavy atom. The summed E-state index contributed by atoms with van der Waals surface area (Å²) in [4.78, 5) is 39.4. The highest BCUT2D eigenvalue weighted by atomic mass is 16.6. The molecule has 0 fully saturated rings. The summed E-state index contributed by atoms with van der Waals surface area (Å²) in [5, 5.41) is 3.01. The first-order valence-electron chi connectivity index (χ1n) is 22.8. The van der Waals surface area contributed by atoms with E-state index in [0.717, 1.165) is 18.5 Å². The number of nitrogens with one attached hydrogen (secondary N) is 1. The molecule has 2 rings (SSSR count). The normalized spacial score (nSPS) is 11.1. The van der Waals surface area contributed by atoms with Crippen LogP contribution in [0.1, 0.15) is 173 Å². The number of hydrogen-bond donors (Lipinski definition) is 1. The molecule has 2 aromatic rings. The molecule has 11 heteroatoms. The molecule has 0 heterocycles. The molecule has 0 amide bonds. The van der Waals surface area contributed by atoms with Crippen LogP contribution in [-0.4, -0.2) is 91.0 Å². The number of ether oxygens (including phenoxy) is 7. The van der Waals surface area contributed by atoms with Gasteiger partial charge in [-0.1, -0.05) is 129 Å². The van der Waals surface area contributed by atoms with Crippen LogP contribution >= 0.6 is 0 Å². The fourth-order valence-electron chi connectivity index (χ4n) is 6.44. The van der Waals surface area contributed by atoms with Gasteiger partial charge in [-0.15, -0.1) is 0 Å². The van der Waals surface area contributed by atoms with Crippen LogP contribution in [-0.2, 0) is 28.4 Å². The van der Waals surface area contributed by atoms with Gasteiger partial charge in [0.1, 0.15) is 19.0 Å². The van der Waals surface area contributed by atoms with Gasteiger partial charge < -0.3 is 38.5 Å². The zero-order valence-electron chi connectivity index (χ0n) is 36.8. The minimum atomic E-state index is -0.790. The molecule has 0 aliphatic carbocycles. The van der Waals surface area contributed by atoms with Crippen molar-refractivity contribution in [1.29, 1.82) is 0 Å². The van der Waals surface area contributed by atoms with Crippen molar-refractivity contribution in [2.75, 3.05) is 78.4 Å². The Bertz CT molecular complexity index is 1350. The molecule has 0 aromatic heterocycles. The molecular weight excluding hydrogens is 751 g/mol. The quantitative estimate of drug-likeness (QED) is 0.0393. The molecule has 0 unspecified atom stereocenters. The number of anilines is 1. The highest BCUT2D eigenvalue weighted by Gasteiger charge is 2.23. The minimum absolute atomic E-state index is 0.0206. The Kier molecular flexibility index (Phi) is 31.8. The predicted octanol–water partition coefficient (Wildman–Crippen LogP) is 11.2. The number of carbonyl (C=O) groups is 3. The molecule has 0 aliphatic heterocycles. The number of unbranched alkanes of at least 4 members (excludes halogenated alkanes) is 18. The SMILES string of the molecule is CCCCCCCCCCCCOCCOCCOC(=O)c1ccc(C(=O)Oc2ccc(NC)cc2)cc1C(=O)OCCOCCOCCCCCCCCCCCC. The van der Waals surface area contributed by atoms with Crippen molar-refractivity contribution in [3.8, 4) is 5.75 Å². The Labute approximate surface area is 355 Å². The topological polar surface area (TPSA) is 128 Å². The first-order valence-corrected chi connectivity index (χ1v) is 22.8. The Hall–Kier alpha value is -3.51.